The number of hydrogen-bond donors (Lipinski definition) is 0. The molecule has 0 aliphatic carbocycles. The van der Waals surface area contributed by atoms with Crippen LogP contribution in [0, 0.1) is 0 Å². The summed E-state index contributed by atoms with van der Waals surface area (Å²) in [5.41, 5.74) is 3.56. The Morgan fingerprint density at radius 2 is 2.05 bits per heavy atom. The minimum atomic E-state index is 0.0129. The predicted octanol–water partition coefficient (Wildman–Crippen LogP) is 3.55. The maximum atomic E-state index is 11.6. The van der Waals surface area contributed by atoms with E-state index in [4.69, 9.17) is 0 Å². The lowest BCUT2D eigenvalue weighted by Gasteiger charge is -2.10. The molecule has 0 saturated carbocycles. The number of ketones is 1. The van der Waals surface area contributed by atoms with Crippen LogP contribution in [0.4, 0.5) is 0 Å². The van der Waals surface area contributed by atoms with Gasteiger partial charge in [0.2, 0.25) is 0 Å². The van der Waals surface area contributed by atoms with Gasteiger partial charge in [0, 0.05) is 12.6 Å². The number of imidazole rings is 1. The summed E-state index contributed by atoms with van der Waals surface area (Å²) in [6.07, 6.45) is 5.37. The second kappa shape index (κ2) is 5.99. The molecule has 0 radical (unpaired) electrons. The van der Waals surface area contributed by atoms with Crippen molar-refractivity contribution in [3.63, 3.8) is 0 Å². The molecular weight excluding hydrogens is 250 g/mol. The summed E-state index contributed by atoms with van der Waals surface area (Å²) in [5.74, 6) is 0.425. The first-order valence-corrected chi connectivity index (χ1v) is 7.08. The maximum Gasteiger partial charge on any atom is 0.179 e. The van der Waals surface area contributed by atoms with Gasteiger partial charge < -0.3 is 4.57 Å². The van der Waals surface area contributed by atoms with E-state index in [2.05, 4.69) is 30.7 Å². The van der Waals surface area contributed by atoms with E-state index in [0.717, 1.165) is 29.9 Å². The average molecular weight is 271 g/mol. The number of nitrogens with zero attached hydrogens (tertiary/aromatic N) is 3. The Hall–Kier alpha value is -1.97. The summed E-state index contributed by atoms with van der Waals surface area (Å²) in [7, 11) is 0. The Morgan fingerprint density at radius 3 is 2.55 bits per heavy atom. The summed E-state index contributed by atoms with van der Waals surface area (Å²) in [6, 6.07) is 4.07. The third kappa shape index (κ3) is 2.79. The van der Waals surface area contributed by atoms with Crippen LogP contribution in [-0.4, -0.2) is 20.3 Å². The van der Waals surface area contributed by atoms with Crippen LogP contribution in [0.1, 0.15) is 61.9 Å². The summed E-state index contributed by atoms with van der Waals surface area (Å²) in [6.45, 7) is 7.90. The van der Waals surface area contributed by atoms with Crippen LogP contribution in [0.2, 0.25) is 0 Å². The zero-order valence-corrected chi connectivity index (χ0v) is 12.6. The van der Waals surface area contributed by atoms with Gasteiger partial charge in [-0.25, -0.2) is 4.98 Å². The van der Waals surface area contributed by atoms with Crippen LogP contribution in [0.3, 0.4) is 0 Å². The number of hydrogen-bond acceptors (Lipinski definition) is 3. The van der Waals surface area contributed by atoms with E-state index in [9.17, 15) is 4.79 Å². The molecular formula is C16H21N3O. The minimum Gasteiger partial charge on any atom is -0.301 e. The number of carbonyl (C=O) groups is 1. The second-order valence-electron chi connectivity index (χ2n) is 5.31. The molecule has 0 N–H and O–H groups in total. The van der Waals surface area contributed by atoms with Crippen LogP contribution in [0.15, 0.2) is 24.7 Å². The van der Waals surface area contributed by atoms with E-state index in [1.165, 1.54) is 0 Å². The van der Waals surface area contributed by atoms with Gasteiger partial charge in [0.05, 0.1) is 17.6 Å². The van der Waals surface area contributed by atoms with Crippen molar-refractivity contribution in [1.29, 1.82) is 0 Å². The summed E-state index contributed by atoms with van der Waals surface area (Å²) in [5, 5.41) is 0. The molecule has 0 spiro atoms. The Balaban J connectivity index is 2.43. The SMILES string of the molecule is CCCc1c(C(C)=O)ncn1-c1ccc(C(C)C)nc1. The number of carbonyl (C=O) groups excluding carboxylic acids is 1. The molecule has 0 bridgehead atoms. The molecule has 20 heavy (non-hydrogen) atoms. The number of Topliss-reactive ketones (excluding diaryl/α,β-unsaturated/α-hetero) is 1. The molecule has 2 aromatic heterocycles. The van der Waals surface area contributed by atoms with Crippen molar-refractivity contribution >= 4 is 5.78 Å². The molecule has 0 atom stereocenters. The molecule has 2 rings (SSSR count). The third-order valence-corrected chi connectivity index (χ3v) is 3.33. The van der Waals surface area contributed by atoms with Crippen molar-refractivity contribution in [2.45, 2.75) is 46.5 Å². The normalized spacial score (nSPS) is 11.1. The van der Waals surface area contributed by atoms with Gasteiger partial charge in [-0.05, 0) is 24.5 Å². The maximum absolute atomic E-state index is 11.6. The average Bonchev–Trinajstić information content (AvgIpc) is 2.83. The molecule has 2 aromatic rings. The highest BCUT2D eigenvalue weighted by molar-refractivity contribution is 5.93. The zero-order chi connectivity index (χ0) is 14.7. The van der Waals surface area contributed by atoms with Crippen molar-refractivity contribution in [1.82, 2.24) is 14.5 Å². The van der Waals surface area contributed by atoms with Crippen molar-refractivity contribution in [3.8, 4) is 5.69 Å². The van der Waals surface area contributed by atoms with E-state index in [0.29, 0.717) is 11.6 Å². The highest BCUT2D eigenvalue weighted by Gasteiger charge is 2.15. The molecule has 0 aliphatic rings. The van der Waals surface area contributed by atoms with Crippen LogP contribution in [0.5, 0.6) is 0 Å². The van der Waals surface area contributed by atoms with Crippen molar-refractivity contribution in [3.05, 3.63) is 41.7 Å². The smallest absolute Gasteiger partial charge is 0.179 e. The Labute approximate surface area is 119 Å². The molecule has 0 aliphatic heterocycles. The highest BCUT2D eigenvalue weighted by atomic mass is 16.1. The Bertz CT molecular complexity index is 597. The van der Waals surface area contributed by atoms with Crippen LogP contribution >= 0.6 is 0 Å². The predicted molar refractivity (Wildman–Crippen MR) is 79.4 cm³/mol. The van der Waals surface area contributed by atoms with Crippen LogP contribution in [0.25, 0.3) is 5.69 Å². The van der Waals surface area contributed by atoms with E-state index in [1.807, 2.05) is 22.9 Å². The second-order valence-corrected chi connectivity index (χ2v) is 5.31. The number of pyridine rings is 1. The van der Waals surface area contributed by atoms with E-state index < -0.39 is 0 Å². The van der Waals surface area contributed by atoms with Gasteiger partial charge in [0.15, 0.2) is 5.78 Å². The Kier molecular flexibility index (Phi) is 4.32. The van der Waals surface area contributed by atoms with Crippen molar-refractivity contribution in [2.75, 3.05) is 0 Å². The van der Waals surface area contributed by atoms with Crippen LogP contribution in [-0.2, 0) is 6.42 Å². The molecule has 4 heteroatoms. The topological polar surface area (TPSA) is 47.8 Å². The third-order valence-electron chi connectivity index (χ3n) is 3.33. The largest absolute Gasteiger partial charge is 0.301 e. The van der Waals surface area contributed by atoms with Crippen LogP contribution < -0.4 is 0 Å². The number of aromatic nitrogens is 3. The molecule has 0 unspecified atom stereocenters. The van der Waals surface area contributed by atoms with Gasteiger partial charge in [-0.1, -0.05) is 27.2 Å². The lowest BCUT2D eigenvalue weighted by molar-refractivity contribution is 0.101. The standard InChI is InChI=1S/C16H21N3O/c1-5-6-15-16(12(4)20)18-10-19(15)13-7-8-14(11(2)3)17-9-13/h7-11H,5-6H2,1-4H3. The van der Waals surface area contributed by atoms with Gasteiger partial charge in [-0.15, -0.1) is 0 Å². The fourth-order valence-electron chi connectivity index (χ4n) is 2.25. The quantitative estimate of drug-likeness (QED) is 0.781. The van der Waals surface area contributed by atoms with E-state index in [1.54, 1.807) is 13.3 Å². The lowest BCUT2D eigenvalue weighted by atomic mass is 10.1. The summed E-state index contributed by atoms with van der Waals surface area (Å²) >= 11 is 0. The number of rotatable bonds is 5. The molecule has 0 aromatic carbocycles. The van der Waals surface area contributed by atoms with Crippen molar-refractivity contribution < 1.29 is 4.79 Å². The fraction of sp³-hybridized carbons (Fsp3) is 0.438. The first kappa shape index (κ1) is 14.4. The highest BCUT2D eigenvalue weighted by Crippen LogP contribution is 2.18. The summed E-state index contributed by atoms with van der Waals surface area (Å²) < 4.78 is 1.97. The Morgan fingerprint density at radius 1 is 1.30 bits per heavy atom. The van der Waals surface area contributed by atoms with Gasteiger partial charge >= 0.3 is 0 Å². The molecule has 4 nitrogen and oxygen atoms in total. The van der Waals surface area contributed by atoms with E-state index >= 15 is 0 Å². The molecule has 0 amide bonds. The molecule has 2 heterocycles. The fourth-order valence-corrected chi connectivity index (χ4v) is 2.25. The monoisotopic (exact) mass is 271 g/mol. The first-order valence-electron chi connectivity index (χ1n) is 7.08. The zero-order valence-electron chi connectivity index (χ0n) is 12.6. The minimum absolute atomic E-state index is 0.0129. The van der Waals surface area contributed by atoms with Gasteiger partial charge in [0.1, 0.15) is 12.0 Å². The summed E-state index contributed by atoms with van der Waals surface area (Å²) in [4.78, 5) is 20.4. The van der Waals surface area contributed by atoms with Gasteiger partial charge in [0.25, 0.3) is 0 Å². The first-order chi connectivity index (χ1) is 9.54. The van der Waals surface area contributed by atoms with Gasteiger partial charge in [-0.2, -0.15) is 0 Å². The van der Waals surface area contributed by atoms with Crippen molar-refractivity contribution in [2.24, 2.45) is 0 Å². The molecule has 0 fully saturated rings. The molecule has 0 saturated heterocycles. The van der Waals surface area contributed by atoms with E-state index in [-0.39, 0.29) is 5.78 Å². The lowest BCUT2D eigenvalue weighted by Crippen LogP contribution is -2.05. The molecule has 106 valence electrons. The van der Waals surface area contributed by atoms with Gasteiger partial charge in [-0.3, -0.25) is 9.78 Å².